The second kappa shape index (κ2) is 6.09. The second-order valence-corrected chi connectivity index (χ2v) is 3.54. The Bertz CT molecular complexity index is 291. The molecule has 1 fully saturated rings. The topological polar surface area (TPSA) is 84.5 Å². The van der Waals surface area contributed by atoms with Crippen molar-refractivity contribution in [2.45, 2.75) is 32.2 Å². The minimum atomic E-state index is -0.573. The molecule has 6 heteroatoms. The Morgan fingerprint density at radius 2 is 2.31 bits per heavy atom. The number of amides is 2. The molecular formula is C10H16N2O4. The number of carbonyl (C=O) groups excluding carboxylic acids is 3. The van der Waals surface area contributed by atoms with Crippen LogP contribution in [0.2, 0.25) is 0 Å². The zero-order chi connectivity index (χ0) is 12.0. The van der Waals surface area contributed by atoms with E-state index in [1.54, 1.807) is 6.92 Å². The van der Waals surface area contributed by atoms with Gasteiger partial charge in [0.05, 0.1) is 6.61 Å². The summed E-state index contributed by atoms with van der Waals surface area (Å²) >= 11 is 0. The molecule has 6 nitrogen and oxygen atoms in total. The molecule has 0 spiro atoms. The van der Waals surface area contributed by atoms with Gasteiger partial charge in [-0.15, -0.1) is 0 Å². The number of carbonyl (C=O) groups is 3. The summed E-state index contributed by atoms with van der Waals surface area (Å²) in [5, 5.41) is 5.15. The highest BCUT2D eigenvalue weighted by Crippen LogP contribution is 2.03. The summed E-state index contributed by atoms with van der Waals surface area (Å²) < 4.78 is 4.63. The number of piperidine rings is 1. The van der Waals surface area contributed by atoms with Crippen LogP contribution in [0.5, 0.6) is 0 Å². The van der Waals surface area contributed by atoms with Crippen LogP contribution in [0.1, 0.15) is 26.2 Å². The predicted octanol–water partition coefficient (Wildman–Crippen LogP) is -0.666. The fraction of sp³-hybridized carbons (Fsp3) is 0.700. The summed E-state index contributed by atoms with van der Waals surface area (Å²) in [6.45, 7) is 2.56. The van der Waals surface area contributed by atoms with Gasteiger partial charge in [0.25, 0.3) is 0 Å². The van der Waals surface area contributed by atoms with Gasteiger partial charge in [0, 0.05) is 6.54 Å². The Morgan fingerprint density at radius 3 is 2.94 bits per heavy atom. The first-order valence-electron chi connectivity index (χ1n) is 5.36. The van der Waals surface area contributed by atoms with Crippen LogP contribution in [0, 0.1) is 0 Å². The maximum atomic E-state index is 11.4. The molecule has 1 unspecified atom stereocenters. The third-order valence-corrected chi connectivity index (χ3v) is 2.23. The molecule has 0 aromatic carbocycles. The van der Waals surface area contributed by atoms with E-state index in [4.69, 9.17) is 0 Å². The fourth-order valence-electron chi connectivity index (χ4n) is 1.50. The van der Waals surface area contributed by atoms with Gasteiger partial charge in [0.2, 0.25) is 11.8 Å². The van der Waals surface area contributed by atoms with Crippen LogP contribution in [0.4, 0.5) is 0 Å². The standard InChI is InChI=1S/C10H16N2O4/c1-2-16-9(14)6-8(13)12-7-4-3-5-11-10(7)15/h7H,2-6H2,1H3,(H,11,15)(H,12,13). The minimum Gasteiger partial charge on any atom is -0.466 e. The van der Waals surface area contributed by atoms with E-state index >= 15 is 0 Å². The van der Waals surface area contributed by atoms with E-state index in [9.17, 15) is 14.4 Å². The summed E-state index contributed by atoms with van der Waals surface area (Å²) in [6, 6.07) is -0.518. The highest BCUT2D eigenvalue weighted by Gasteiger charge is 2.24. The molecule has 0 aliphatic carbocycles. The highest BCUT2D eigenvalue weighted by atomic mass is 16.5. The highest BCUT2D eigenvalue weighted by molar-refractivity contribution is 5.96. The van der Waals surface area contributed by atoms with Crippen molar-refractivity contribution in [1.29, 1.82) is 0 Å². The molecule has 90 valence electrons. The molecule has 1 aliphatic heterocycles. The Labute approximate surface area is 93.7 Å². The molecule has 1 atom stereocenters. The molecule has 1 saturated heterocycles. The van der Waals surface area contributed by atoms with Crippen molar-refractivity contribution >= 4 is 17.8 Å². The van der Waals surface area contributed by atoms with E-state index in [0.717, 1.165) is 6.42 Å². The van der Waals surface area contributed by atoms with E-state index < -0.39 is 17.9 Å². The third kappa shape index (κ3) is 3.88. The number of hydrogen-bond donors (Lipinski definition) is 2. The van der Waals surface area contributed by atoms with E-state index in [1.165, 1.54) is 0 Å². The van der Waals surface area contributed by atoms with E-state index in [-0.39, 0.29) is 18.9 Å². The van der Waals surface area contributed by atoms with E-state index in [1.807, 2.05) is 0 Å². The molecule has 0 saturated carbocycles. The first-order chi connectivity index (χ1) is 7.63. The van der Waals surface area contributed by atoms with Gasteiger partial charge in [-0.25, -0.2) is 0 Å². The lowest BCUT2D eigenvalue weighted by Crippen LogP contribution is -2.50. The van der Waals surface area contributed by atoms with Crippen LogP contribution in [0.15, 0.2) is 0 Å². The van der Waals surface area contributed by atoms with Crippen LogP contribution in [0.3, 0.4) is 0 Å². The summed E-state index contributed by atoms with van der Waals surface area (Å²) in [4.78, 5) is 33.6. The number of esters is 1. The Morgan fingerprint density at radius 1 is 1.56 bits per heavy atom. The quantitative estimate of drug-likeness (QED) is 0.494. The zero-order valence-electron chi connectivity index (χ0n) is 9.25. The van der Waals surface area contributed by atoms with Crippen LogP contribution < -0.4 is 10.6 Å². The van der Waals surface area contributed by atoms with E-state index in [0.29, 0.717) is 13.0 Å². The van der Waals surface area contributed by atoms with Gasteiger partial charge in [-0.3, -0.25) is 14.4 Å². The van der Waals surface area contributed by atoms with E-state index in [2.05, 4.69) is 15.4 Å². The summed E-state index contributed by atoms with van der Waals surface area (Å²) in [6.07, 6.45) is 1.11. The van der Waals surface area contributed by atoms with Crippen molar-refractivity contribution in [3.05, 3.63) is 0 Å². The normalized spacial score (nSPS) is 19.8. The van der Waals surface area contributed by atoms with Crippen molar-refractivity contribution < 1.29 is 19.1 Å². The maximum Gasteiger partial charge on any atom is 0.315 e. The maximum absolute atomic E-state index is 11.4. The molecule has 1 heterocycles. The summed E-state index contributed by atoms with van der Waals surface area (Å²) in [5.74, 6) is -1.24. The van der Waals surface area contributed by atoms with Crippen molar-refractivity contribution in [3.63, 3.8) is 0 Å². The molecule has 2 N–H and O–H groups in total. The Balaban J connectivity index is 2.32. The lowest BCUT2D eigenvalue weighted by Gasteiger charge is -2.22. The Kier molecular flexibility index (Phi) is 4.75. The average molecular weight is 228 g/mol. The largest absolute Gasteiger partial charge is 0.466 e. The van der Waals surface area contributed by atoms with Crippen molar-refractivity contribution in [2.75, 3.05) is 13.2 Å². The predicted molar refractivity (Wildman–Crippen MR) is 55.4 cm³/mol. The van der Waals surface area contributed by atoms with Gasteiger partial charge >= 0.3 is 5.97 Å². The molecule has 0 aromatic rings. The van der Waals surface area contributed by atoms with Crippen molar-refractivity contribution in [1.82, 2.24) is 10.6 Å². The molecule has 16 heavy (non-hydrogen) atoms. The zero-order valence-corrected chi connectivity index (χ0v) is 9.25. The van der Waals surface area contributed by atoms with Crippen LogP contribution in [-0.4, -0.2) is 37.0 Å². The van der Waals surface area contributed by atoms with Crippen LogP contribution in [0.25, 0.3) is 0 Å². The number of nitrogens with one attached hydrogen (secondary N) is 2. The molecule has 0 aromatic heterocycles. The Hall–Kier alpha value is -1.59. The first-order valence-corrected chi connectivity index (χ1v) is 5.36. The number of hydrogen-bond acceptors (Lipinski definition) is 4. The molecule has 2 amide bonds. The smallest absolute Gasteiger partial charge is 0.315 e. The van der Waals surface area contributed by atoms with Gasteiger partial charge in [-0.05, 0) is 19.8 Å². The first kappa shape index (κ1) is 12.5. The number of rotatable bonds is 4. The van der Waals surface area contributed by atoms with Crippen molar-refractivity contribution in [2.24, 2.45) is 0 Å². The van der Waals surface area contributed by atoms with Gasteiger partial charge in [0.1, 0.15) is 12.5 Å². The monoisotopic (exact) mass is 228 g/mol. The molecule has 1 rings (SSSR count). The van der Waals surface area contributed by atoms with Gasteiger partial charge < -0.3 is 15.4 Å². The van der Waals surface area contributed by atoms with Gasteiger partial charge in [-0.1, -0.05) is 0 Å². The molecule has 1 aliphatic rings. The van der Waals surface area contributed by atoms with Crippen LogP contribution >= 0.6 is 0 Å². The molecular weight excluding hydrogens is 212 g/mol. The minimum absolute atomic E-state index is 0.191. The fourth-order valence-corrected chi connectivity index (χ4v) is 1.50. The number of ether oxygens (including phenoxy) is 1. The summed E-state index contributed by atoms with van der Waals surface area (Å²) in [5.41, 5.74) is 0. The van der Waals surface area contributed by atoms with Crippen molar-refractivity contribution in [3.8, 4) is 0 Å². The van der Waals surface area contributed by atoms with Gasteiger partial charge in [-0.2, -0.15) is 0 Å². The van der Waals surface area contributed by atoms with Gasteiger partial charge in [0.15, 0.2) is 0 Å². The lowest BCUT2D eigenvalue weighted by molar-refractivity contribution is -0.146. The lowest BCUT2D eigenvalue weighted by atomic mass is 10.1. The summed E-state index contributed by atoms with van der Waals surface area (Å²) in [7, 11) is 0. The SMILES string of the molecule is CCOC(=O)CC(=O)NC1CCCNC1=O. The second-order valence-electron chi connectivity index (χ2n) is 3.54. The van der Waals surface area contributed by atoms with Crippen LogP contribution in [-0.2, 0) is 19.1 Å². The molecule has 0 radical (unpaired) electrons. The average Bonchev–Trinajstić information content (AvgIpc) is 2.21. The third-order valence-electron chi connectivity index (χ3n) is 2.23. The molecule has 0 bridgehead atoms.